The largest absolute Gasteiger partial charge is 0.444 e. The minimum absolute atomic E-state index is 0.302. The Bertz CT molecular complexity index is 570. The van der Waals surface area contributed by atoms with E-state index in [0.717, 1.165) is 12.3 Å². The molecule has 0 radical (unpaired) electrons. The lowest BCUT2D eigenvalue weighted by Gasteiger charge is -2.24. The summed E-state index contributed by atoms with van der Waals surface area (Å²) in [6, 6.07) is 1.09. The summed E-state index contributed by atoms with van der Waals surface area (Å²) < 4.78 is 43.3. The summed E-state index contributed by atoms with van der Waals surface area (Å²) in [7, 11) is 0. The maximum absolute atomic E-state index is 12.7. The van der Waals surface area contributed by atoms with E-state index in [1.165, 1.54) is 11.1 Å². The van der Waals surface area contributed by atoms with Crippen LogP contribution in [-0.2, 0) is 17.5 Å². The predicted molar refractivity (Wildman–Crippen MR) is 77.5 cm³/mol. The SMILES string of the molecule is CC(C)(C)OC(=O)N1CCN(Cc2cncc(C(F)(F)F)c2)C1. The fourth-order valence-corrected chi connectivity index (χ4v) is 2.24. The molecule has 2 rings (SSSR count). The molecule has 1 aliphatic heterocycles. The van der Waals surface area contributed by atoms with Crippen LogP contribution >= 0.6 is 0 Å². The maximum Gasteiger partial charge on any atom is 0.417 e. The van der Waals surface area contributed by atoms with Gasteiger partial charge < -0.3 is 4.74 Å². The molecule has 5 nitrogen and oxygen atoms in total. The van der Waals surface area contributed by atoms with Crippen LogP contribution in [0.5, 0.6) is 0 Å². The monoisotopic (exact) mass is 331 g/mol. The van der Waals surface area contributed by atoms with Crippen molar-refractivity contribution in [3.63, 3.8) is 0 Å². The van der Waals surface area contributed by atoms with Gasteiger partial charge in [-0.15, -0.1) is 0 Å². The van der Waals surface area contributed by atoms with Crippen LogP contribution in [0.25, 0.3) is 0 Å². The molecule has 0 bridgehead atoms. The number of alkyl halides is 3. The van der Waals surface area contributed by atoms with Gasteiger partial charge in [0.15, 0.2) is 0 Å². The number of pyridine rings is 1. The molecule has 23 heavy (non-hydrogen) atoms. The van der Waals surface area contributed by atoms with E-state index in [9.17, 15) is 18.0 Å². The summed E-state index contributed by atoms with van der Waals surface area (Å²) in [5.74, 6) is 0. The average molecular weight is 331 g/mol. The lowest BCUT2D eigenvalue weighted by molar-refractivity contribution is -0.137. The molecule has 0 unspecified atom stereocenters. The molecule has 1 aromatic heterocycles. The molecule has 0 atom stereocenters. The Morgan fingerprint density at radius 2 is 1.96 bits per heavy atom. The molecule has 1 fully saturated rings. The van der Waals surface area contributed by atoms with Gasteiger partial charge in [-0.2, -0.15) is 13.2 Å². The summed E-state index contributed by atoms with van der Waals surface area (Å²) in [6.45, 7) is 7.05. The van der Waals surface area contributed by atoms with Crippen molar-refractivity contribution in [3.05, 3.63) is 29.6 Å². The molecule has 0 aromatic carbocycles. The number of halogens is 3. The van der Waals surface area contributed by atoms with E-state index in [1.807, 2.05) is 4.90 Å². The quantitative estimate of drug-likeness (QED) is 0.835. The van der Waals surface area contributed by atoms with Gasteiger partial charge in [-0.05, 0) is 32.4 Å². The molecule has 128 valence electrons. The van der Waals surface area contributed by atoms with Crippen LogP contribution in [0.4, 0.5) is 18.0 Å². The third-order valence-electron chi connectivity index (χ3n) is 3.24. The Kier molecular flexibility index (Phi) is 4.84. The van der Waals surface area contributed by atoms with Gasteiger partial charge in [0.1, 0.15) is 5.60 Å². The Hall–Kier alpha value is -1.83. The summed E-state index contributed by atoms with van der Waals surface area (Å²) in [4.78, 5) is 19.0. The summed E-state index contributed by atoms with van der Waals surface area (Å²) in [5, 5.41) is 0. The van der Waals surface area contributed by atoms with Crippen LogP contribution in [-0.4, -0.2) is 46.2 Å². The molecule has 1 saturated heterocycles. The number of rotatable bonds is 2. The highest BCUT2D eigenvalue weighted by Crippen LogP contribution is 2.29. The molecule has 1 amide bonds. The second-order valence-electron chi connectivity index (χ2n) is 6.52. The van der Waals surface area contributed by atoms with E-state index in [-0.39, 0.29) is 0 Å². The number of ether oxygens (including phenoxy) is 1. The Labute approximate surface area is 133 Å². The van der Waals surface area contributed by atoms with Crippen LogP contribution < -0.4 is 0 Å². The van der Waals surface area contributed by atoms with Crippen molar-refractivity contribution in [2.75, 3.05) is 19.8 Å². The first-order valence-corrected chi connectivity index (χ1v) is 7.26. The van der Waals surface area contributed by atoms with E-state index >= 15 is 0 Å². The van der Waals surface area contributed by atoms with E-state index in [4.69, 9.17) is 4.74 Å². The average Bonchev–Trinajstić information content (AvgIpc) is 2.85. The lowest BCUT2D eigenvalue weighted by Crippen LogP contribution is -2.36. The zero-order chi connectivity index (χ0) is 17.3. The maximum atomic E-state index is 12.7. The molecule has 0 saturated carbocycles. The summed E-state index contributed by atoms with van der Waals surface area (Å²) in [6.07, 6.45) is -2.61. The van der Waals surface area contributed by atoms with Crippen LogP contribution in [0, 0.1) is 0 Å². The van der Waals surface area contributed by atoms with Crippen LogP contribution in [0.3, 0.4) is 0 Å². The molecular weight excluding hydrogens is 311 g/mol. The second kappa shape index (κ2) is 6.35. The van der Waals surface area contributed by atoms with Gasteiger partial charge in [-0.3, -0.25) is 14.8 Å². The van der Waals surface area contributed by atoms with Gasteiger partial charge in [0.05, 0.1) is 12.2 Å². The van der Waals surface area contributed by atoms with Gasteiger partial charge >= 0.3 is 12.3 Å². The number of hydrogen-bond donors (Lipinski definition) is 0. The van der Waals surface area contributed by atoms with E-state index in [0.29, 0.717) is 31.9 Å². The van der Waals surface area contributed by atoms with E-state index in [1.54, 1.807) is 20.8 Å². The van der Waals surface area contributed by atoms with Gasteiger partial charge in [-0.1, -0.05) is 0 Å². The standard InChI is InChI=1S/C15H20F3N3O2/c1-14(2,3)23-13(22)21-5-4-20(10-21)9-11-6-12(8-19-7-11)15(16,17)18/h6-8H,4-5,9-10H2,1-3H3. The van der Waals surface area contributed by atoms with E-state index in [2.05, 4.69) is 4.98 Å². The number of nitrogens with zero attached hydrogens (tertiary/aromatic N) is 3. The highest BCUT2D eigenvalue weighted by atomic mass is 19.4. The second-order valence-corrected chi connectivity index (χ2v) is 6.52. The van der Waals surface area contributed by atoms with Crippen molar-refractivity contribution in [1.82, 2.24) is 14.8 Å². The highest BCUT2D eigenvalue weighted by molar-refractivity contribution is 5.68. The van der Waals surface area contributed by atoms with Crippen molar-refractivity contribution in [2.45, 2.75) is 39.1 Å². The molecular formula is C15H20F3N3O2. The van der Waals surface area contributed by atoms with E-state index < -0.39 is 23.4 Å². The third-order valence-corrected chi connectivity index (χ3v) is 3.24. The normalized spacial score (nSPS) is 16.7. The summed E-state index contributed by atoms with van der Waals surface area (Å²) >= 11 is 0. The van der Waals surface area contributed by atoms with Gasteiger partial charge in [0, 0.05) is 32.0 Å². The zero-order valence-corrected chi connectivity index (χ0v) is 13.4. The molecule has 1 aliphatic rings. The molecule has 0 aliphatic carbocycles. The molecule has 0 spiro atoms. The molecule has 2 heterocycles. The first-order chi connectivity index (χ1) is 10.5. The molecule has 1 aromatic rings. The number of amides is 1. The minimum Gasteiger partial charge on any atom is -0.444 e. The molecule has 8 heteroatoms. The topological polar surface area (TPSA) is 45.7 Å². The lowest BCUT2D eigenvalue weighted by atomic mass is 10.2. The first-order valence-electron chi connectivity index (χ1n) is 7.26. The molecule has 0 N–H and O–H groups in total. The Morgan fingerprint density at radius 3 is 2.57 bits per heavy atom. The van der Waals surface area contributed by atoms with Gasteiger partial charge in [-0.25, -0.2) is 4.79 Å². The van der Waals surface area contributed by atoms with Crippen LogP contribution in [0.1, 0.15) is 31.9 Å². The fraction of sp³-hybridized carbons (Fsp3) is 0.600. The van der Waals surface area contributed by atoms with Crippen molar-refractivity contribution in [3.8, 4) is 0 Å². The highest BCUT2D eigenvalue weighted by Gasteiger charge is 2.32. The number of aromatic nitrogens is 1. The van der Waals surface area contributed by atoms with Gasteiger partial charge in [0.2, 0.25) is 0 Å². The Balaban J connectivity index is 1.95. The third kappa shape index (κ3) is 5.09. The number of carbonyl (C=O) groups is 1. The van der Waals surface area contributed by atoms with Crippen molar-refractivity contribution in [2.24, 2.45) is 0 Å². The predicted octanol–water partition coefficient (Wildman–Crippen LogP) is 3.11. The van der Waals surface area contributed by atoms with Crippen molar-refractivity contribution < 1.29 is 22.7 Å². The van der Waals surface area contributed by atoms with Gasteiger partial charge in [0.25, 0.3) is 0 Å². The Morgan fingerprint density at radius 1 is 1.26 bits per heavy atom. The number of carbonyl (C=O) groups excluding carboxylic acids is 1. The van der Waals surface area contributed by atoms with Crippen molar-refractivity contribution >= 4 is 6.09 Å². The smallest absolute Gasteiger partial charge is 0.417 e. The minimum atomic E-state index is -4.41. The van der Waals surface area contributed by atoms with Crippen molar-refractivity contribution in [1.29, 1.82) is 0 Å². The van der Waals surface area contributed by atoms with Crippen LogP contribution in [0.2, 0.25) is 0 Å². The summed E-state index contributed by atoms with van der Waals surface area (Å²) in [5.41, 5.74) is -0.876. The number of hydrogen-bond acceptors (Lipinski definition) is 4. The fourth-order valence-electron chi connectivity index (χ4n) is 2.24. The first kappa shape index (κ1) is 17.5. The van der Waals surface area contributed by atoms with Crippen LogP contribution in [0.15, 0.2) is 18.5 Å². The zero-order valence-electron chi connectivity index (χ0n) is 13.4.